The number of rotatable bonds is 5. The molecule has 32 heavy (non-hydrogen) atoms. The minimum absolute atomic E-state index is 0.108. The van der Waals surface area contributed by atoms with Crippen molar-refractivity contribution in [2.24, 2.45) is 5.10 Å². The van der Waals surface area contributed by atoms with Crippen molar-refractivity contribution < 1.29 is 9.53 Å². The van der Waals surface area contributed by atoms with E-state index in [4.69, 9.17) is 14.9 Å². The minimum atomic E-state index is -0.250. The molecule has 2 aromatic carbocycles. The summed E-state index contributed by atoms with van der Waals surface area (Å²) >= 11 is 1.63. The van der Waals surface area contributed by atoms with E-state index in [1.807, 2.05) is 70.9 Å². The molecule has 1 aliphatic rings. The Kier molecular flexibility index (Phi) is 5.33. The molecule has 2 aromatic heterocycles. The third-order valence-electron chi connectivity index (χ3n) is 5.57. The molecule has 1 unspecified atom stereocenters. The van der Waals surface area contributed by atoms with Crippen molar-refractivity contribution >= 4 is 23.0 Å². The van der Waals surface area contributed by atoms with E-state index in [2.05, 4.69) is 11.4 Å². The highest BCUT2D eigenvalue weighted by molar-refractivity contribution is 7.08. The van der Waals surface area contributed by atoms with E-state index in [9.17, 15) is 4.79 Å². The summed E-state index contributed by atoms with van der Waals surface area (Å²) in [4.78, 5) is 12.6. The summed E-state index contributed by atoms with van der Waals surface area (Å²) in [6.45, 7) is 1.55. The predicted octanol–water partition coefficient (Wildman–Crippen LogP) is 5.31. The molecule has 0 aliphatic carbocycles. The topological polar surface area (TPSA) is 59.7 Å². The van der Waals surface area contributed by atoms with E-state index in [1.54, 1.807) is 30.4 Å². The van der Waals surface area contributed by atoms with Crippen LogP contribution in [0.3, 0.4) is 0 Å². The van der Waals surface area contributed by atoms with Crippen molar-refractivity contribution in [3.8, 4) is 22.7 Å². The Labute approximate surface area is 190 Å². The van der Waals surface area contributed by atoms with Gasteiger partial charge in [-0.05, 0) is 35.7 Å². The number of methoxy groups -OCH3 is 1. The molecule has 0 saturated carbocycles. The SMILES string of the molecule is COc1ccccc1C1=NN(C(C)=O)C(c2cn(-c3ccccc3)nc2-c2ccsc2)C1. The standard InChI is InChI=1S/C25H22N4O2S/c1-17(30)29-23(14-22(26-29)20-10-6-7-11-24(20)31-2)21-15-28(19-8-4-3-5-9-19)27-25(21)18-12-13-32-16-18/h3-13,15-16,23H,14H2,1-2H3. The first-order valence-corrected chi connectivity index (χ1v) is 11.3. The number of carbonyl (C=O) groups excluding carboxylic acids is 1. The largest absolute Gasteiger partial charge is 0.496 e. The van der Waals surface area contributed by atoms with Gasteiger partial charge in [0, 0.05) is 41.6 Å². The molecule has 0 radical (unpaired) electrons. The first-order valence-electron chi connectivity index (χ1n) is 10.3. The van der Waals surface area contributed by atoms with Crippen LogP contribution in [0, 0.1) is 0 Å². The van der Waals surface area contributed by atoms with Crippen molar-refractivity contribution in [3.05, 3.63) is 88.7 Å². The van der Waals surface area contributed by atoms with Crippen LogP contribution in [0.1, 0.15) is 30.5 Å². The minimum Gasteiger partial charge on any atom is -0.496 e. The molecule has 0 spiro atoms. The second kappa shape index (κ2) is 8.43. The Morgan fingerprint density at radius 3 is 2.59 bits per heavy atom. The van der Waals surface area contributed by atoms with E-state index < -0.39 is 0 Å². The van der Waals surface area contributed by atoms with E-state index in [-0.39, 0.29) is 11.9 Å². The molecule has 6 nitrogen and oxygen atoms in total. The van der Waals surface area contributed by atoms with Gasteiger partial charge >= 0.3 is 0 Å². The predicted molar refractivity (Wildman–Crippen MR) is 126 cm³/mol. The number of hydrogen-bond donors (Lipinski definition) is 0. The molecule has 0 fully saturated rings. The maximum absolute atomic E-state index is 12.6. The van der Waals surface area contributed by atoms with Crippen molar-refractivity contribution in [1.29, 1.82) is 0 Å². The number of benzene rings is 2. The number of nitrogens with zero attached hydrogens (tertiary/aromatic N) is 4. The second-order valence-electron chi connectivity index (χ2n) is 7.56. The first kappa shape index (κ1) is 20.2. The zero-order valence-electron chi connectivity index (χ0n) is 17.8. The molecule has 1 atom stereocenters. The van der Waals surface area contributed by atoms with E-state index in [0.717, 1.165) is 39.5 Å². The summed E-state index contributed by atoms with van der Waals surface area (Å²) in [5, 5.41) is 15.3. The molecular weight excluding hydrogens is 420 g/mol. The average molecular weight is 443 g/mol. The molecular formula is C25H22N4O2S. The Hall–Kier alpha value is -3.71. The van der Waals surface area contributed by atoms with Gasteiger partial charge in [0.15, 0.2) is 0 Å². The lowest BCUT2D eigenvalue weighted by atomic mass is 9.97. The van der Waals surface area contributed by atoms with Crippen molar-refractivity contribution in [3.63, 3.8) is 0 Å². The average Bonchev–Trinajstić information content (AvgIpc) is 3.58. The van der Waals surface area contributed by atoms with Crippen LogP contribution >= 0.6 is 11.3 Å². The van der Waals surface area contributed by atoms with E-state index >= 15 is 0 Å². The van der Waals surface area contributed by atoms with E-state index in [0.29, 0.717) is 6.42 Å². The van der Waals surface area contributed by atoms with Crippen LogP contribution in [0.15, 0.2) is 82.7 Å². The third-order valence-corrected chi connectivity index (χ3v) is 6.25. The Morgan fingerprint density at radius 2 is 1.88 bits per heavy atom. The fourth-order valence-electron chi connectivity index (χ4n) is 4.06. The maximum atomic E-state index is 12.6. The normalized spacial score (nSPS) is 15.6. The van der Waals surface area contributed by atoms with Gasteiger partial charge < -0.3 is 4.74 Å². The number of hydrazone groups is 1. The van der Waals surface area contributed by atoms with Gasteiger partial charge in [-0.15, -0.1) is 0 Å². The molecule has 0 bridgehead atoms. The van der Waals surface area contributed by atoms with Gasteiger partial charge in [0.05, 0.1) is 30.2 Å². The van der Waals surface area contributed by atoms with Crippen LogP contribution in [0.5, 0.6) is 5.75 Å². The van der Waals surface area contributed by atoms with Gasteiger partial charge in [-0.1, -0.05) is 30.3 Å². The van der Waals surface area contributed by atoms with Crippen LogP contribution < -0.4 is 4.74 Å². The van der Waals surface area contributed by atoms with Gasteiger partial charge in [-0.3, -0.25) is 4.79 Å². The fraction of sp³-hybridized carbons (Fsp3) is 0.160. The van der Waals surface area contributed by atoms with Crippen molar-refractivity contribution in [2.45, 2.75) is 19.4 Å². The number of hydrogen-bond acceptors (Lipinski definition) is 5. The summed E-state index contributed by atoms with van der Waals surface area (Å²) in [6, 6.07) is 19.6. The Balaban J connectivity index is 1.60. The van der Waals surface area contributed by atoms with E-state index in [1.165, 1.54) is 0 Å². The van der Waals surface area contributed by atoms with Crippen LogP contribution in [0.25, 0.3) is 16.9 Å². The van der Waals surface area contributed by atoms with Crippen LogP contribution in [0.4, 0.5) is 0 Å². The molecule has 0 N–H and O–H groups in total. The fourth-order valence-corrected chi connectivity index (χ4v) is 4.70. The molecule has 1 amide bonds. The highest BCUT2D eigenvalue weighted by atomic mass is 32.1. The Morgan fingerprint density at radius 1 is 1.09 bits per heavy atom. The maximum Gasteiger partial charge on any atom is 0.240 e. The van der Waals surface area contributed by atoms with Gasteiger partial charge in [-0.25, -0.2) is 9.69 Å². The number of aromatic nitrogens is 2. The highest BCUT2D eigenvalue weighted by Crippen LogP contribution is 2.39. The monoisotopic (exact) mass is 442 g/mol. The summed E-state index contributed by atoms with van der Waals surface area (Å²) in [6.07, 6.45) is 2.60. The van der Waals surface area contributed by atoms with Gasteiger partial charge in [-0.2, -0.15) is 21.5 Å². The number of amides is 1. The lowest BCUT2D eigenvalue weighted by Gasteiger charge is -2.20. The van der Waals surface area contributed by atoms with Gasteiger partial charge in [0.25, 0.3) is 0 Å². The van der Waals surface area contributed by atoms with Gasteiger partial charge in [0.1, 0.15) is 5.75 Å². The lowest BCUT2D eigenvalue weighted by molar-refractivity contribution is -0.130. The summed E-state index contributed by atoms with van der Waals surface area (Å²) in [5.74, 6) is 0.636. The van der Waals surface area contributed by atoms with Crippen LogP contribution in [-0.4, -0.2) is 33.5 Å². The lowest BCUT2D eigenvalue weighted by Crippen LogP contribution is -2.24. The summed E-state index contributed by atoms with van der Waals surface area (Å²) < 4.78 is 7.42. The van der Waals surface area contributed by atoms with Crippen molar-refractivity contribution in [1.82, 2.24) is 14.8 Å². The molecule has 7 heteroatoms. The summed E-state index contributed by atoms with van der Waals surface area (Å²) in [5.41, 5.74) is 5.56. The molecule has 3 heterocycles. The Bertz CT molecular complexity index is 1280. The van der Waals surface area contributed by atoms with Crippen molar-refractivity contribution in [2.75, 3.05) is 7.11 Å². The molecule has 1 aliphatic heterocycles. The molecule has 0 saturated heterocycles. The molecule has 5 rings (SSSR count). The third kappa shape index (κ3) is 3.61. The summed E-state index contributed by atoms with van der Waals surface area (Å²) in [7, 11) is 1.65. The van der Waals surface area contributed by atoms with Gasteiger partial charge in [0.2, 0.25) is 5.91 Å². The second-order valence-corrected chi connectivity index (χ2v) is 8.34. The van der Waals surface area contributed by atoms with Crippen LogP contribution in [-0.2, 0) is 4.79 Å². The first-order chi connectivity index (χ1) is 15.7. The number of carbonyl (C=O) groups is 1. The molecule has 160 valence electrons. The quantitative estimate of drug-likeness (QED) is 0.421. The smallest absolute Gasteiger partial charge is 0.240 e. The zero-order valence-corrected chi connectivity index (χ0v) is 18.6. The molecule has 4 aromatic rings. The highest BCUT2D eigenvalue weighted by Gasteiger charge is 2.35. The number of para-hydroxylation sites is 2. The number of ether oxygens (including phenoxy) is 1. The van der Waals surface area contributed by atoms with Crippen LogP contribution in [0.2, 0.25) is 0 Å². The zero-order chi connectivity index (χ0) is 22.1. The number of thiophene rings is 1.